The summed E-state index contributed by atoms with van der Waals surface area (Å²) in [5.74, 6) is 1.45. The van der Waals surface area contributed by atoms with Gasteiger partial charge in [-0.05, 0) is 6.92 Å². The Hall–Kier alpha value is -0.720. The lowest BCUT2D eigenvalue weighted by Gasteiger charge is -2.01. The van der Waals surface area contributed by atoms with Gasteiger partial charge in [0, 0.05) is 0 Å². The Balaban J connectivity index is 0. The van der Waals surface area contributed by atoms with E-state index in [1.165, 1.54) is 0 Å². The molecule has 1 atom stereocenters. The lowest BCUT2D eigenvalue weighted by Crippen LogP contribution is -2.29. The summed E-state index contributed by atoms with van der Waals surface area (Å²) in [6.45, 7) is 1.65. The van der Waals surface area contributed by atoms with Crippen LogP contribution >= 0.6 is 12.4 Å². The molecule has 2 N–H and O–H groups in total. The zero-order chi connectivity index (χ0) is 7.28. The number of aliphatic carboxylic acids is 1. The predicted octanol–water partition coefficient (Wildman–Crippen LogP) is 0.104. The minimum Gasteiger partial charge on any atom is -0.480 e. The molecule has 0 saturated carbocycles. The minimum absolute atomic E-state index is 0. The Kier molecular flexibility index (Phi) is 7.68. The number of carboxylic acid groups (broad SMARTS) is 1. The molecule has 0 rings (SSSR count). The van der Waals surface area contributed by atoms with Crippen LogP contribution in [-0.4, -0.2) is 23.7 Å². The average Bonchev–Trinajstić information content (AvgIpc) is 1.83. The molecule has 3 nitrogen and oxygen atoms in total. The van der Waals surface area contributed by atoms with E-state index in [0.29, 0.717) is 0 Å². The zero-order valence-corrected chi connectivity index (χ0v) is 6.44. The standard InChI is InChI=1S/C6H9NO2.ClH/c1-3-5(2)7-4-6(8)9;/h1,5,7H,4H2,2H3,(H,8,9);1H/t5-;/m1./s1. The number of rotatable bonds is 3. The maximum Gasteiger partial charge on any atom is 0.317 e. The van der Waals surface area contributed by atoms with Crippen LogP contribution in [0.3, 0.4) is 0 Å². The Morgan fingerprint density at radius 1 is 1.90 bits per heavy atom. The van der Waals surface area contributed by atoms with Gasteiger partial charge in [-0.2, -0.15) is 0 Å². The lowest BCUT2D eigenvalue weighted by atomic mass is 10.3. The molecule has 0 spiro atoms. The topological polar surface area (TPSA) is 49.3 Å². The van der Waals surface area contributed by atoms with E-state index in [-0.39, 0.29) is 25.0 Å². The number of carbonyl (C=O) groups is 1. The molecule has 0 aromatic heterocycles. The predicted molar refractivity (Wildman–Crippen MR) is 41.2 cm³/mol. The summed E-state index contributed by atoms with van der Waals surface area (Å²) < 4.78 is 0. The molecule has 0 aliphatic heterocycles. The molecule has 0 aliphatic carbocycles. The number of terminal acetylenes is 1. The monoisotopic (exact) mass is 163 g/mol. The number of hydrogen-bond donors (Lipinski definition) is 2. The van der Waals surface area contributed by atoms with Crippen molar-refractivity contribution in [1.82, 2.24) is 5.32 Å². The summed E-state index contributed by atoms with van der Waals surface area (Å²) in [5.41, 5.74) is 0. The fourth-order valence-electron chi connectivity index (χ4n) is 0.299. The average molecular weight is 164 g/mol. The summed E-state index contributed by atoms with van der Waals surface area (Å²) in [4.78, 5) is 9.89. The molecule has 0 aromatic rings. The summed E-state index contributed by atoms with van der Waals surface area (Å²) in [6.07, 6.45) is 4.95. The van der Waals surface area contributed by atoms with Crippen LogP contribution in [0.1, 0.15) is 6.92 Å². The van der Waals surface area contributed by atoms with Crippen LogP contribution in [0.4, 0.5) is 0 Å². The largest absolute Gasteiger partial charge is 0.480 e. The van der Waals surface area contributed by atoms with Crippen molar-refractivity contribution in [3.8, 4) is 12.3 Å². The zero-order valence-electron chi connectivity index (χ0n) is 5.63. The van der Waals surface area contributed by atoms with Gasteiger partial charge in [0.05, 0.1) is 12.6 Å². The van der Waals surface area contributed by atoms with Gasteiger partial charge >= 0.3 is 5.97 Å². The van der Waals surface area contributed by atoms with Crippen LogP contribution in [0.5, 0.6) is 0 Å². The first-order chi connectivity index (χ1) is 4.16. The number of carboxylic acids is 1. The summed E-state index contributed by atoms with van der Waals surface area (Å²) in [7, 11) is 0. The second-order valence-corrected chi connectivity index (χ2v) is 1.66. The first-order valence-corrected chi connectivity index (χ1v) is 2.58. The van der Waals surface area contributed by atoms with Crippen LogP contribution in [0.15, 0.2) is 0 Å². The van der Waals surface area contributed by atoms with E-state index in [1.807, 2.05) is 0 Å². The molecule has 58 valence electrons. The van der Waals surface area contributed by atoms with Gasteiger partial charge in [0.2, 0.25) is 0 Å². The molecule has 0 fully saturated rings. The first kappa shape index (κ1) is 12.0. The Morgan fingerprint density at radius 3 is 2.70 bits per heavy atom. The van der Waals surface area contributed by atoms with E-state index in [2.05, 4.69) is 11.2 Å². The molecule has 0 amide bonds. The van der Waals surface area contributed by atoms with Gasteiger partial charge < -0.3 is 5.11 Å². The minimum atomic E-state index is -0.892. The molecule has 0 aliphatic rings. The quantitative estimate of drug-likeness (QED) is 0.581. The highest BCUT2D eigenvalue weighted by Crippen LogP contribution is 1.73. The Labute approximate surface area is 66.2 Å². The van der Waals surface area contributed by atoms with Gasteiger partial charge in [0.25, 0.3) is 0 Å². The highest BCUT2D eigenvalue weighted by atomic mass is 35.5. The van der Waals surface area contributed by atoms with Crippen molar-refractivity contribution in [3.63, 3.8) is 0 Å². The molecule has 0 saturated heterocycles. The van der Waals surface area contributed by atoms with Crippen molar-refractivity contribution < 1.29 is 9.90 Å². The molecule has 0 aromatic carbocycles. The Morgan fingerprint density at radius 2 is 2.40 bits per heavy atom. The third-order valence-electron chi connectivity index (χ3n) is 0.809. The van der Waals surface area contributed by atoms with Gasteiger partial charge in [-0.15, -0.1) is 18.8 Å². The fourth-order valence-corrected chi connectivity index (χ4v) is 0.299. The van der Waals surface area contributed by atoms with E-state index < -0.39 is 5.97 Å². The fraction of sp³-hybridized carbons (Fsp3) is 0.500. The van der Waals surface area contributed by atoms with Gasteiger partial charge in [-0.3, -0.25) is 10.1 Å². The maximum absolute atomic E-state index is 9.89. The molecule has 10 heavy (non-hydrogen) atoms. The Bertz CT molecular complexity index is 141. The summed E-state index contributed by atoms with van der Waals surface area (Å²) >= 11 is 0. The molecular formula is C6H10ClNO2. The van der Waals surface area contributed by atoms with E-state index >= 15 is 0 Å². The highest BCUT2D eigenvalue weighted by molar-refractivity contribution is 5.85. The molecule has 0 unspecified atom stereocenters. The normalized spacial score (nSPS) is 10.8. The van der Waals surface area contributed by atoms with Crippen molar-refractivity contribution in [2.75, 3.05) is 6.54 Å². The van der Waals surface area contributed by atoms with Gasteiger partial charge in [0.1, 0.15) is 0 Å². The second-order valence-electron chi connectivity index (χ2n) is 1.66. The third-order valence-corrected chi connectivity index (χ3v) is 0.809. The van der Waals surface area contributed by atoms with Crippen LogP contribution in [-0.2, 0) is 4.79 Å². The first-order valence-electron chi connectivity index (χ1n) is 2.58. The van der Waals surface area contributed by atoms with Crippen molar-refractivity contribution in [1.29, 1.82) is 0 Å². The highest BCUT2D eigenvalue weighted by Gasteiger charge is 1.97. The van der Waals surface area contributed by atoms with E-state index in [0.717, 1.165) is 0 Å². The molecular weight excluding hydrogens is 154 g/mol. The van der Waals surface area contributed by atoms with E-state index in [9.17, 15) is 4.79 Å². The smallest absolute Gasteiger partial charge is 0.317 e. The van der Waals surface area contributed by atoms with Crippen LogP contribution in [0, 0.1) is 12.3 Å². The van der Waals surface area contributed by atoms with Crippen molar-refractivity contribution in [3.05, 3.63) is 0 Å². The maximum atomic E-state index is 9.89. The van der Waals surface area contributed by atoms with E-state index in [4.69, 9.17) is 11.5 Å². The van der Waals surface area contributed by atoms with Gasteiger partial charge in [-0.25, -0.2) is 0 Å². The van der Waals surface area contributed by atoms with Crippen LogP contribution in [0.2, 0.25) is 0 Å². The van der Waals surface area contributed by atoms with Crippen LogP contribution in [0.25, 0.3) is 0 Å². The number of hydrogen-bond acceptors (Lipinski definition) is 2. The molecule has 0 radical (unpaired) electrons. The van der Waals surface area contributed by atoms with Crippen molar-refractivity contribution >= 4 is 18.4 Å². The molecule has 4 heteroatoms. The summed E-state index contributed by atoms with van der Waals surface area (Å²) in [5, 5.41) is 10.7. The molecule has 0 heterocycles. The summed E-state index contributed by atoms with van der Waals surface area (Å²) in [6, 6.07) is -0.166. The van der Waals surface area contributed by atoms with Crippen molar-refractivity contribution in [2.45, 2.75) is 13.0 Å². The van der Waals surface area contributed by atoms with Gasteiger partial charge in [0.15, 0.2) is 0 Å². The number of halogens is 1. The molecule has 0 bridgehead atoms. The lowest BCUT2D eigenvalue weighted by molar-refractivity contribution is -0.136. The number of nitrogens with one attached hydrogen (secondary N) is 1. The third kappa shape index (κ3) is 7.28. The van der Waals surface area contributed by atoms with Gasteiger partial charge in [-0.1, -0.05) is 5.92 Å². The van der Waals surface area contributed by atoms with Crippen molar-refractivity contribution in [2.24, 2.45) is 0 Å². The SMILES string of the molecule is C#C[C@@H](C)NCC(=O)O.Cl. The second kappa shape index (κ2) is 6.40. The van der Waals surface area contributed by atoms with Crippen LogP contribution < -0.4 is 5.32 Å². The van der Waals surface area contributed by atoms with E-state index in [1.54, 1.807) is 6.92 Å².